The molecule has 4 nitrogen and oxygen atoms in total. The van der Waals surface area contributed by atoms with Crippen LogP contribution in [0.15, 0.2) is 54.9 Å². The van der Waals surface area contributed by atoms with E-state index in [1.165, 1.54) is 12.8 Å². The molecular formula is C18H21N3O. The number of rotatable bonds is 4. The third kappa shape index (κ3) is 3.64. The molecule has 2 aromatic rings. The van der Waals surface area contributed by atoms with Crippen LogP contribution in [-0.4, -0.2) is 17.1 Å². The molecular weight excluding hydrogens is 274 g/mol. The molecule has 1 aliphatic rings. The number of nitrogens with one attached hydrogen (secondary N) is 1. The summed E-state index contributed by atoms with van der Waals surface area (Å²) in [5.41, 5.74) is 1.93. The Kier molecular flexibility index (Phi) is 4.68. The van der Waals surface area contributed by atoms with Crippen molar-refractivity contribution in [3.8, 4) is 0 Å². The second-order valence-corrected chi connectivity index (χ2v) is 5.71. The molecule has 22 heavy (non-hydrogen) atoms. The Morgan fingerprint density at radius 2 is 1.91 bits per heavy atom. The summed E-state index contributed by atoms with van der Waals surface area (Å²) >= 11 is 0. The van der Waals surface area contributed by atoms with Crippen molar-refractivity contribution in [1.82, 2.24) is 10.3 Å². The molecule has 1 aliphatic carbocycles. The fraction of sp³-hybridized carbons (Fsp3) is 0.333. The van der Waals surface area contributed by atoms with E-state index in [1.807, 2.05) is 42.5 Å². The van der Waals surface area contributed by atoms with Crippen LogP contribution >= 0.6 is 0 Å². The predicted octanol–water partition coefficient (Wildman–Crippen LogP) is 3.74. The zero-order valence-corrected chi connectivity index (χ0v) is 12.6. The Balaban J connectivity index is 1.77. The van der Waals surface area contributed by atoms with Gasteiger partial charge in [-0.15, -0.1) is 0 Å². The number of carbonyl (C=O) groups is 1. The van der Waals surface area contributed by atoms with E-state index in [0.717, 1.165) is 24.1 Å². The Labute approximate surface area is 131 Å². The van der Waals surface area contributed by atoms with Gasteiger partial charge in [-0.25, -0.2) is 4.79 Å². The molecule has 4 heteroatoms. The quantitative estimate of drug-likeness (QED) is 0.934. The number of benzene rings is 1. The van der Waals surface area contributed by atoms with Crippen LogP contribution in [0.25, 0.3) is 0 Å². The van der Waals surface area contributed by atoms with Gasteiger partial charge in [0.15, 0.2) is 0 Å². The largest absolute Gasteiger partial charge is 0.335 e. The maximum absolute atomic E-state index is 12.7. The summed E-state index contributed by atoms with van der Waals surface area (Å²) in [5, 5.41) is 3.16. The summed E-state index contributed by atoms with van der Waals surface area (Å²) in [5.74, 6) is 0. The topological polar surface area (TPSA) is 45.2 Å². The van der Waals surface area contributed by atoms with Crippen molar-refractivity contribution < 1.29 is 4.79 Å². The number of hydrogen-bond donors (Lipinski definition) is 1. The second-order valence-electron chi connectivity index (χ2n) is 5.71. The number of carbonyl (C=O) groups excluding carboxylic acids is 1. The van der Waals surface area contributed by atoms with Crippen LogP contribution in [0, 0.1) is 0 Å². The van der Waals surface area contributed by atoms with Gasteiger partial charge in [0.05, 0.1) is 6.54 Å². The van der Waals surface area contributed by atoms with E-state index >= 15 is 0 Å². The Hall–Kier alpha value is -2.36. The van der Waals surface area contributed by atoms with E-state index in [1.54, 1.807) is 17.3 Å². The highest BCUT2D eigenvalue weighted by atomic mass is 16.2. The van der Waals surface area contributed by atoms with Crippen molar-refractivity contribution in [2.24, 2.45) is 0 Å². The molecule has 1 saturated carbocycles. The molecule has 3 rings (SSSR count). The number of anilines is 1. The van der Waals surface area contributed by atoms with Crippen molar-refractivity contribution in [3.05, 3.63) is 60.4 Å². The molecule has 2 amide bonds. The first-order valence-electron chi connectivity index (χ1n) is 7.85. The molecule has 1 aromatic carbocycles. The molecule has 1 fully saturated rings. The Bertz CT molecular complexity index is 594. The molecule has 0 unspecified atom stereocenters. The monoisotopic (exact) mass is 295 g/mol. The first kappa shape index (κ1) is 14.6. The fourth-order valence-electron chi connectivity index (χ4n) is 2.89. The fourth-order valence-corrected chi connectivity index (χ4v) is 2.89. The third-order valence-corrected chi connectivity index (χ3v) is 4.06. The summed E-state index contributed by atoms with van der Waals surface area (Å²) in [6, 6.07) is 14.0. The molecule has 0 aliphatic heterocycles. The van der Waals surface area contributed by atoms with Gasteiger partial charge in [-0.05, 0) is 36.6 Å². The standard InChI is InChI=1S/C18H21N3O/c22-18(20-16-8-4-5-9-16)21(17-10-2-1-3-11-17)14-15-7-6-12-19-13-15/h1-3,6-7,10-13,16H,4-5,8-9,14H2,(H,20,22). The first-order chi connectivity index (χ1) is 10.8. The van der Waals surface area contributed by atoms with E-state index in [0.29, 0.717) is 12.6 Å². The highest BCUT2D eigenvalue weighted by Gasteiger charge is 2.22. The van der Waals surface area contributed by atoms with Crippen LogP contribution in [0.5, 0.6) is 0 Å². The van der Waals surface area contributed by atoms with Gasteiger partial charge in [-0.1, -0.05) is 37.1 Å². The van der Waals surface area contributed by atoms with E-state index in [2.05, 4.69) is 10.3 Å². The average molecular weight is 295 g/mol. The predicted molar refractivity (Wildman–Crippen MR) is 87.6 cm³/mol. The highest BCUT2D eigenvalue weighted by Crippen LogP contribution is 2.20. The van der Waals surface area contributed by atoms with Gasteiger partial charge in [0.1, 0.15) is 0 Å². The van der Waals surface area contributed by atoms with E-state index < -0.39 is 0 Å². The van der Waals surface area contributed by atoms with Crippen molar-refractivity contribution in [2.75, 3.05) is 4.90 Å². The molecule has 1 heterocycles. The van der Waals surface area contributed by atoms with Gasteiger partial charge < -0.3 is 5.32 Å². The lowest BCUT2D eigenvalue weighted by atomic mass is 10.2. The number of nitrogens with zero attached hydrogens (tertiary/aromatic N) is 2. The number of hydrogen-bond acceptors (Lipinski definition) is 2. The number of urea groups is 1. The zero-order valence-electron chi connectivity index (χ0n) is 12.6. The number of amides is 2. The first-order valence-corrected chi connectivity index (χ1v) is 7.85. The van der Waals surface area contributed by atoms with E-state index in [-0.39, 0.29) is 6.03 Å². The van der Waals surface area contributed by atoms with Gasteiger partial charge in [0, 0.05) is 24.1 Å². The minimum atomic E-state index is -0.0260. The molecule has 0 bridgehead atoms. The minimum absolute atomic E-state index is 0.0260. The summed E-state index contributed by atoms with van der Waals surface area (Å²) in [6.07, 6.45) is 8.13. The number of para-hydroxylation sites is 1. The molecule has 0 saturated heterocycles. The summed E-state index contributed by atoms with van der Waals surface area (Å²) in [4.78, 5) is 18.6. The average Bonchev–Trinajstić information content (AvgIpc) is 3.07. The van der Waals surface area contributed by atoms with Gasteiger partial charge >= 0.3 is 6.03 Å². The third-order valence-electron chi connectivity index (χ3n) is 4.06. The Morgan fingerprint density at radius 3 is 2.59 bits per heavy atom. The maximum atomic E-state index is 12.7. The van der Waals surface area contributed by atoms with Gasteiger partial charge in [-0.3, -0.25) is 9.88 Å². The molecule has 114 valence electrons. The molecule has 0 spiro atoms. The highest BCUT2D eigenvalue weighted by molar-refractivity contribution is 5.92. The zero-order chi connectivity index (χ0) is 15.2. The summed E-state index contributed by atoms with van der Waals surface area (Å²) in [6.45, 7) is 0.524. The van der Waals surface area contributed by atoms with Crippen LogP contribution in [0.4, 0.5) is 10.5 Å². The minimum Gasteiger partial charge on any atom is -0.335 e. The SMILES string of the molecule is O=C(NC1CCCC1)N(Cc1cccnc1)c1ccccc1. The summed E-state index contributed by atoms with van der Waals surface area (Å²) in [7, 11) is 0. The van der Waals surface area contributed by atoms with E-state index in [9.17, 15) is 4.79 Å². The lowest BCUT2D eigenvalue weighted by Gasteiger charge is -2.25. The molecule has 1 N–H and O–H groups in total. The molecule has 0 radical (unpaired) electrons. The van der Waals surface area contributed by atoms with Crippen molar-refractivity contribution in [1.29, 1.82) is 0 Å². The van der Waals surface area contributed by atoms with Crippen LogP contribution in [-0.2, 0) is 6.54 Å². The normalized spacial score (nSPS) is 14.7. The van der Waals surface area contributed by atoms with Crippen LogP contribution in [0.1, 0.15) is 31.2 Å². The number of aromatic nitrogens is 1. The van der Waals surface area contributed by atoms with Crippen LogP contribution in [0.3, 0.4) is 0 Å². The van der Waals surface area contributed by atoms with Gasteiger partial charge in [0.2, 0.25) is 0 Å². The van der Waals surface area contributed by atoms with Crippen molar-refractivity contribution in [3.63, 3.8) is 0 Å². The second kappa shape index (κ2) is 7.07. The van der Waals surface area contributed by atoms with Crippen molar-refractivity contribution in [2.45, 2.75) is 38.3 Å². The smallest absolute Gasteiger partial charge is 0.322 e. The van der Waals surface area contributed by atoms with Crippen LogP contribution < -0.4 is 10.2 Å². The van der Waals surface area contributed by atoms with Crippen LogP contribution in [0.2, 0.25) is 0 Å². The number of pyridine rings is 1. The lowest BCUT2D eigenvalue weighted by molar-refractivity contribution is 0.242. The summed E-state index contributed by atoms with van der Waals surface area (Å²) < 4.78 is 0. The van der Waals surface area contributed by atoms with Gasteiger partial charge in [0.25, 0.3) is 0 Å². The van der Waals surface area contributed by atoms with Crippen molar-refractivity contribution >= 4 is 11.7 Å². The van der Waals surface area contributed by atoms with E-state index in [4.69, 9.17) is 0 Å². The Morgan fingerprint density at radius 1 is 1.14 bits per heavy atom. The maximum Gasteiger partial charge on any atom is 0.322 e. The molecule has 1 aromatic heterocycles. The molecule has 0 atom stereocenters. The lowest BCUT2D eigenvalue weighted by Crippen LogP contribution is -2.43. The van der Waals surface area contributed by atoms with Gasteiger partial charge in [-0.2, -0.15) is 0 Å².